The fourth-order valence-corrected chi connectivity index (χ4v) is 3.40. The number of para-hydroxylation sites is 2. The van der Waals surface area contributed by atoms with Crippen LogP contribution < -0.4 is 15.6 Å². The number of rotatable bonds is 6. The molecule has 1 atom stereocenters. The highest BCUT2D eigenvalue weighted by atomic mass is 16.5. The van der Waals surface area contributed by atoms with Crippen LogP contribution in [0, 0.1) is 0 Å². The van der Waals surface area contributed by atoms with Gasteiger partial charge in [0, 0.05) is 19.4 Å². The zero-order chi connectivity index (χ0) is 21.1. The van der Waals surface area contributed by atoms with E-state index in [9.17, 15) is 9.59 Å². The van der Waals surface area contributed by atoms with Crippen molar-refractivity contribution in [2.24, 2.45) is 7.05 Å². The molecule has 2 heterocycles. The van der Waals surface area contributed by atoms with Crippen molar-refractivity contribution in [1.29, 1.82) is 0 Å². The Labute approximate surface area is 172 Å². The van der Waals surface area contributed by atoms with Gasteiger partial charge in [0.2, 0.25) is 5.91 Å². The number of hydrogen-bond acceptors (Lipinski definition) is 5. The first-order chi connectivity index (χ1) is 14.6. The Bertz CT molecular complexity index is 1260. The van der Waals surface area contributed by atoms with Crippen LogP contribution in [0.1, 0.15) is 17.4 Å². The van der Waals surface area contributed by atoms with E-state index < -0.39 is 6.04 Å². The third kappa shape index (κ3) is 3.80. The van der Waals surface area contributed by atoms with E-state index in [-0.39, 0.29) is 18.0 Å². The largest absolute Gasteiger partial charge is 0.497 e. The van der Waals surface area contributed by atoms with E-state index in [2.05, 4.69) is 15.3 Å². The molecular formula is C22H21N5O3. The van der Waals surface area contributed by atoms with Crippen LogP contribution >= 0.6 is 0 Å². The summed E-state index contributed by atoms with van der Waals surface area (Å²) in [4.78, 5) is 33.9. The molecule has 152 valence electrons. The zero-order valence-corrected chi connectivity index (χ0v) is 16.6. The molecular weight excluding hydrogens is 382 g/mol. The van der Waals surface area contributed by atoms with Crippen molar-refractivity contribution in [1.82, 2.24) is 24.4 Å². The van der Waals surface area contributed by atoms with Crippen LogP contribution in [0.25, 0.3) is 11.0 Å². The molecule has 0 spiro atoms. The molecule has 8 nitrogen and oxygen atoms in total. The van der Waals surface area contributed by atoms with Gasteiger partial charge < -0.3 is 14.6 Å². The van der Waals surface area contributed by atoms with Crippen LogP contribution in [0.3, 0.4) is 0 Å². The van der Waals surface area contributed by atoms with Crippen LogP contribution in [-0.2, 0) is 18.4 Å². The lowest BCUT2D eigenvalue weighted by Crippen LogP contribution is -2.36. The van der Waals surface area contributed by atoms with Gasteiger partial charge >= 0.3 is 0 Å². The Morgan fingerprint density at radius 2 is 2.00 bits per heavy atom. The highest BCUT2D eigenvalue weighted by Crippen LogP contribution is 2.24. The standard InChI is InChI=1S/C22H21N5O3/c1-26-11-10-23-22(26)21(15-6-5-7-16(12-15)30-2)25-19(28)14-27-18-9-4-3-8-17(18)24-13-20(27)29/h3-13,21H,14H2,1-2H3,(H,25,28). The summed E-state index contributed by atoms with van der Waals surface area (Å²) in [6.45, 7) is -0.132. The average molecular weight is 403 g/mol. The van der Waals surface area contributed by atoms with Crippen molar-refractivity contribution < 1.29 is 9.53 Å². The van der Waals surface area contributed by atoms with Gasteiger partial charge in [0.1, 0.15) is 24.2 Å². The lowest BCUT2D eigenvalue weighted by molar-refractivity contribution is -0.122. The van der Waals surface area contributed by atoms with E-state index in [1.54, 1.807) is 25.4 Å². The number of amides is 1. The summed E-state index contributed by atoms with van der Waals surface area (Å²) in [5, 5.41) is 3.01. The first-order valence-corrected chi connectivity index (χ1v) is 9.42. The molecule has 0 bridgehead atoms. The fraction of sp³-hybridized carbons (Fsp3) is 0.182. The molecule has 0 saturated carbocycles. The number of aryl methyl sites for hydroxylation is 1. The van der Waals surface area contributed by atoms with Gasteiger partial charge in [0.05, 0.1) is 24.3 Å². The molecule has 0 saturated heterocycles. The fourth-order valence-electron chi connectivity index (χ4n) is 3.40. The van der Waals surface area contributed by atoms with Crippen molar-refractivity contribution in [2.75, 3.05) is 7.11 Å². The van der Waals surface area contributed by atoms with E-state index in [1.807, 2.05) is 54.2 Å². The Morgan fingerprint density at radius 3 is 2.77 bits per heavy atom. The third-order valence-corrected chi connectivity index (χ3v) is 4.90. The molecule has 4 rings (SSSR count). The molecule has 1 amide bonds. The minimum Gasteiger partial charge on any atom is -0.497 e. The van der Waals surface area contributed by atoms with Gasteiger partial charge in [0.15, 0.2) is 0 Å². The number of methoxy groups -OCH3 is 1. The van der Waals surface area contributed by atoms with Crippen LogP contribution in [0.2, 0.25) is 0 Å². The number of nitrogens with one attached hydrogen (secondary N) is 1. The van der Waals surface area contributed by atoms with Gasteiger partial charge in [-0.3, -0.25) is 14.2 Å². The lowest BCUT2D eigenvalue weighted by Gasteiger charge is -2.20. The maximum absolute atomic E-state index is 13.0. The minimum atomic E-state index is -0.503. The second-order valence-electron chi connectivity index (χ2n) is 6.84. The molecule has 4 aromatic rings. The summed E-state index contributed by atoms with van der Waals surface area (Å²) in [6.07, 6.45) is 4.72. The van der Waals surface area contributed by atoms with Crippen molar-refractivity contribution >= 4 is 16.9 Å². The predicted octanol–water partition coefficient (Wildman–Crippen LogP) is 2.04. The predicted molar refractivity (Wildman–Crippen MR) is 112 cm³/mol. The smallest absolute Gasteiger partial charge is 0.269 e. The van der Waals surface area contributed by atoms with Crippen LogP contribution in [-0.4, -0.2) is 32.1 Å². The van der Waals surface area contributed by atoms with Crippen LogP contribution in [0.4, 0.5) is 0 Å². The highest BCUT2D eigenvalue weighted by Gasteiger charge is 2.22. The van der Waals surface area contributed by atoms with Gasteiger partial charge in [-0.2, -0.15) is 0 Å². The Kier molecular flexibility index (Phi) is 5.30. The Morgan fingerprint density at radius 1 is 1.17 bits per heavy atom. The zero-order valence-electron chi connectivity index (χ0n) is 16.6. The minimum absolute atomic E-state index is 0.132. The number of imidazole rings is 1. The van der Waals surface area contributed by atoms with Crippen molar-refractivity contribution in [3.05, 3.63) is 88.9 Å². The summed E-state index contributed by atoms with van der Waals surface area (Å²) in [7, 11) is 3.46. The monoisotopic (exact) mass is 403 g/mol. The number of carbonyl (C=O) groups excluding carboxylic acids is 1. The van der Waals surface area contributed by atoms with E-state index >= 15 is 0 Å². The van der Waals surface area contributed by atoms with E-state index in [4.69, 9.17) is 4.74 Å². The molecule has 0 radical (unpaired) electrons. The lowest BCUT2D eigenvalue weighted by atomic mass is 10.1. The van der Waals surface area contributed by atoms with Gasteiger partial charge in [-0.25, -0.2) is 9.97 Å². The molecule has 8 heteroatoms. The molecule has 0 aliphatic heterocycles. The second-order valence-corrected chi connectivity index (χ2v) is 6.84. The number of benzene rings is 2. The molecule has 0 fully saturated rings. The van der Waals surface area contributed by atoms with E-state index in [0.29, 0.717) is 22.6 Å². The van der Waals surface area contributed by atoms with Crippen molar-refractivity contribution in [2.45, 2.75) is 12.6 Å². The summed E-state index contributed by atoms with van der Waals surface area (Å²) < 4.78 is 8.59. The Balaban J connectivity index is 1.67. The number of aromatic nitrogens is 4. The number of ether oxygens (including phenoxy) is 1. The van der Waals surface area contributed by atoms with Crippen LogP contribution in [0.15, 0.2) is 71.9 Å². The summed E-state index contributed by atoms with van der Waals surface area (Å²) in [6, 6.07) is 14.2. The first-order valence-electron chi connectivity index (χ1n) is 9.42. The second kappa shape index (κ2) is 8.20. The third-order valence-electron chi connectivity index (χ3n) is 4.90. The molecule has 0 aliphatic carbocycles. The maximum atomic E-state index is 13.0. The Hall–Kier alpha value is -3.94. The van der Waals surface area contributed by atoms with Gasteiger partial charge in [0.25, 0.3) is 5.56 Å². The SMILES string of the molecule is COc1cccc(C(NC(=O)Cn2c(=O)cnc3ccccc32)c2nccn2C)c1. The number of fused-ring (bicyclic) bond motifs is 1. The van der Waals surface area contributed by atoms with Crippen molar-refractivity contribution in [3.8, 4) is 5.75 Å². The topological polar surface area (TPSA) is 91.0 Å². The first kappa shape index (κ1) is 19.4. The van der Waals surface area contributed by atoms with Gasteiger partial charge in [-0.1, -0.05) is 24.3 Å². The quantitative estimate of drug-likeness (QED) is 0.532. The van der Waals surface area contributed by atoms with Crippen molar-refractivity contribution in [3.63, 3.8) is 0 Å². The van der Waals surface area contributed by atoms with E-state index in [0.717, 1.165) is 5.56 Å². The molecule has 0 aliphatic rings. The molecule has 30 heavy (non-hydrogen) atoms. The highest BCUT2D eigenvalue weighted by molar-refractivity contribution is 5.80. The van der Waals surface area contributed by atoms with E-state index in [1.165, 1.54) is 10.8 Å². The number of carbonyl (C=O) groups is 1. The normalized spacial score (nSPS) is 11.9. The summed E-state index contributed by atoms with van der Waals surface area (Å²) in [5.74, 6) is 1.03. The molecule has 2 aromatic carbocycles. The maximum Gasteiger partial charge on any atom is 0.269 e. The average Bonchev–Trinajstić information content (AvgIpc) is 3.19. The molecule has 2 aromatic heterocycles. The number of nitrogens with zero attached hydrogens (tertiary/aromatic N) is 4. The van der Waals surface area contributed by atoms with Gasteiger partial charge in [-0.15, -0.1) is 0 Å². The summed E-state index contributed by atoms with van der Waals surface area (Å²) >= 11 is 0. The molecule has 1 unspecified atom stereocenters. The number of hydrogen-bond donors (Lipinski definition) is 1. The summed E-state index contributed by atoms with van der Waals surface area (Å²) in [5.41, 5.74) is 1.75. The van der Waals surface area contributed by atoms with Gasteiger partial charge in [-0.05, 0) is 29.8 Å². The van der Waals surface area contributed by atoms with Crippen LogP contribution in [0.5, 0.6) is 5.75 Å². The molecule has 1 N–H and O–H groups in total.